The predicted molar refractivity (Wildman–Crippen MR) is 129 cm³/mol. The number of carbonyl (C=O) groups is 1. The lowest BCUT2D eigenvalue weighted by Crippen LogP contribution is -2.26. The molecule has 1 aliphatic carbocycles. The smallest absolute Gasteiger partial charge is 0.338 e. The molecule has 5 rings (SSSR count). The second kappa shape index (κ2) is 8.91. The van der Waals surface area contributed by atoms with Crippen molar-refractivity contribution in [2.24, 2.45) is 0 Å². The zero-order valence-electron chi connectivity index (χ0n) is 18.4. The van der Waals surface area contributed by atoms with Crippen molar-refractivity contribution in [3.05, 3.63) is 93.1 Å². The Balaban J connectivity index is 1.81. The molecule has 2 aliphatic rings. The number of halogens is 1. The van der Waals surface area contributed by atoms with E-state index in [9.17, 15) is 4.79 Å². The van der Waals surface area contributed by atoms with Crippen LogP contribution in [0.3, 0.4) is 0 Å². The van der Waals surface area contributed by atoms with Crippen molar-refractivity contribution in [3.8, 4) is 5.88 Å². The van der Waals surface area contributed by atoms with Crippen molar-refractivity contribution in [1.82, 2.24) is 4.98 Å². The SMILES string of the molecule is CCOC(=O)C1=C(c2ccccc2)Oc2nc3c(c(N)c2C1c1ccc(Cl)cc1)CCCC3. The van der Waals surface area contributed by atoms with Gasteiger partial charge < -0.3 is 15.2 Å². The fraction of sp³-hybridized carbons (Fsp3) is 0.259. The van der Waals surface area contributed by atoms with Gasteiger partial charge in [0.05, 0.1) is 23.7 Å². The Morgan fingerprint density at radius 3 is 2.58 bits per heavy atom. The Bertz CT molecular complexity index is 1240. The predicted octanol–water partition coefficient (Wildman–Crippen LogP) is 5.69. The van der Waals surface area contributed by atoms with E-state index in [-0.39, 0.29) is 6.61 Å². The van der Waals surface area contributed by atoms with E-state index in [1.807, 2.05) is 54.6 Å². The maximum absolute atomic E-state index is 13.4. The van der Waals surface area contributed by atoms with Crippen LogP contribution in [0.5, 0.6) is 5.88 Å². The zero-order valence-corrected chi connectivity index (χ0v) is 19.2. The maximum atomic E-state index is 13.4. The van der Waals surface area contributed by atoms with Gasteiger partial charge in [-0.05, 0) is 55.9 Å². The molecule has 0 spiro atoms. The minimum absolute atomic E-state index is 0.252. The molecule has 1 aromatic heterocycles. The summed E-state index contributed by atoms with van der Waals surface area (Å²) in [5, 5.41) is 0.618. The summed E-state index contributed by atoms with van der Waals surface area (Å²) in [4.78, 5) is 18.3. The molecule has 0 fully saturated rings. The number of pyridine rings is 1. The number of aromatic nitrogens is 1. The topological polar surface area (TPSA) is 74.4 Å². The normalized spacial score (nSPS) is 17.1. The Hall–Kier alpha value is -3.31. The number of aryl methyl sites for hydroxylation is 1. The molecule has 2 aromatic carbocycles. The van der Waals surface area contributed by atoms with E-state index < -0.39 is 11.9 Å². The number of hydrogen-bond acceptors (Lipinski definition) is 5. The summed E-state index contributed by atoms with van der Waals surface area (Å²) >= 11 is 6.18. The monoisotopic (exact) mass is 460 g/mol. The molecule has 1 aliphatic heterocycles. The highest BCUT2D eigenvalue weighted by molar-refractivity contribution is 6.30. The number of nitrogen functional groups attached to an aromatic ring is 1. The van der Waals surface area contributed by atoms with Gasteiger partial charge in [0.25, 0.3) is 0 Å². The van der Waals surface area contributed by atoms with Crippen LogP contribution in [0.4, 0.5) is 5.69 Å². The van der Waals surface area contributed by atoms with Gasteiger partial charge in [-0.1, -0.05) is 54.1 Å². The molecule has 5 nitrogen and oxygen atoms in total. The van der Waals surface area contributed by atoms with E-state index in [4.69, 9.17) is 31.8 Å². The van der Waals surface area contributed by atoms with Crippen molar-refractivity contribution < 1.29 is 14.3 Å². The van der Waals surface area contributed by atoms with Gasteiger partial charge in [-0.2, -0.15) is 0 Å². The summed E-state index contributed by atoms with van der Waals surface area (Å²) in [5.74, 6) is -0.0109. The van der Waals surface area contributed by atoms with Gasteiger partial charge in [0.2, 0.25) is 5.88 Å². The number of carbonyl (C=O) groups excluding carboxylic acids is 1. The fourth-order valence-electron chi connectivity index (χ4n) is 4.76. The fourth-order valence-corrected chi connectivity index (χ4v) is 4.89. The van der Waals surface area contributed by atoms with E-state index in [1.165, 1.54) is 0 Å². The molecular formula is C27H25ClN2O3. The first-order valence-electron chi connectivity index (χ1n) is 11.3. The number of anilines is 1. The molecule has 33 heavy (non-hydrogen) atoms. The van der Waals surface area contributed by atoms with Crippen LogP contribution in [0.1, 0.15) is 53.6 Å². The van der Waals surface area contributed by atoms with E-state index in [0.29, 0.717) is 27.9 Å². The lowest BCUT2D eigenvalue weighted by molar-refractivity contribution is -0.138. The highest BCUT2D eigenvalue weighted by Gasteiger charge is 2.40. The summed E-state index contributed by atoms with van der Waals surface area (Å²) in [6.07, 6.45) is 3.89. The Kier molecular flexibility index (Phi) is 5.81. The molecule has 2 heterocycles. The molecule has 2 N–H and O–H groups in total. The highest BCUT2D eigenvalue weighted by atomic mass is 35.5. The lowest BCUT2D eigenvalue weighted by Gasteiger charge is -2.32. The molecule has 1 unspecified atom stereocenters. The third kappa shape index (κ3) is 3.87. The van der Waals surface area contributed by atoms with E-state index in [1.54, 1.807) is 6.92 Å². The number of esters is 1. The summed E-state index contributed by atoms with van der Waals surface area (Å²) in [6, 6.07) is 17.1. The standard InChI is InChI=1S/C27H25ClN2O3/c1-2-32-27(31)23-21(16-12-14-18(28)15-13-16)22-24(29)19-10-6-7-11-20(19)30-26(22)33-25(23)17-8-4-3-5-9-17/h3-5,8-9,12-15,21H,2,6-7,10-11H2,1H3,(H2,29,30). The molecule has 3 aromatic rings. The van der Waals surface area contributed by atoms with Crippen molar-refractivity contribution in [2.75, 3.05) is 12.3 Å². The van der Waals surface area contributed by atoms with Crippen LogP contribution in [-0.4, -0.2) is 17.6 Å². The first-order valence-corrected chi connectivity index (χ1v) is 11.7. The largest absolute Gasteiger partial charge is 0.463 e. The number of hydrogen-bond donors (Lipinski definition) is 1. The number of fused-ring (bicyclic) bond motifs is 2. The molecule has 0 bridgehead atoms. The van der Waals surface area contributed by atoms with Crippen molar-refractivity contribution in [3.63, 3.8) is 0 Å². The van der Waals surface area contributed by atoms with Crippen LogP contribution < -0.4 is 10.5 Å². The second-order valence-electron chi connectivity index (χ2n) is 8.29. The maximum Gasteiger partial charge on any atom is 0.338 e. The van der Waals surface area contributed by atoms with Gasteiger partial charge in [0.15, 0.2) is 0 Å². The number of nitrogens with zero attached hydrogens (tertiary/aromatic N) is 1. The number of benzene rings is 2. The lowest BCUT2D eigenvalue weighted by atomic mass is 9.79. The molecule has 0 saturated carbocycles. The van der Waals surface area contributed by atoms with Crippen molar-refractivity contribution in [2.45, 2.75) is 38.5 Å². The third-order valence-electron chi connectivity index (χ3n) is 6.28. The second-order valence-corrected chi connectivity index (χ2v) is 8.73. The Labute approximate surface area is 198 Å². The summed E-state index contributed by atoms with van der Waals surface area (Å²) in [5.41, 5.74) is 12.3. The molecule has 0 amide bonds. The van der Waals surface area contributed by atoms with Gasteiger partial charge in [0, 0.05) is 22.0 Å². The Morgan fingerprint density at radius 2 is 1.85 bits per heavy atom. The van der Waals surface area contributed by atoms with Crippen LogP contribution in [0.15, 0.2) is 60.2 Å². The van der Waals surface area contributed by atoms with Gasteiger partial charge in [0.1, 0.15) is 5.76 Å². The van der Waals surface area contributed by atoms with Crippen LogP contribution in [0, 0.1) is 0 Å². The van der Waals surface area contributed by atoms with Gasteiger partial charge in [-0.15, -0.1) is 0 Å². The van der Waals surface area contributed by atoms with E-state index in [0.717, 1.165) is 53.6 Å². The van der Waals surface area contributed by atoms with Gasteiger partial charge in [-0.3, -0.25) is 0 Å². The molecule has 0 saturated heterocycles. The van der Waals surface area contributed by atoms with Crippen molar-refractivity contribution >= 4 is 29.0 Å². The number of nitrogens with two attached hydrogens (primary N) is 1. The third-order valence-corrected chi connectivity index (χ3v) is 6.53. The molecular weight excluding hydrogens is 436 g/mol. The molecule has 0 radical (unpaired) electrons. The first-order chi connectivity index (χ1) is 16.1. The van der Waals surface area contributed by atoms with Crippen LogP contribution >= 0.6 is 11.6 Å². The minimum atomic E-state index is -0.486. The average molecular weight is 461 g/mol. The van der Waals surface area contributed by atoms with Crippen LogP contribution in [-0.2, 0) is 22.4 Å². The Morgan fingerprint density at radius 1 is 1.12 bits per heavy atom. The summed E-state index contributed by atoms with van der Waals surface area (Å²) < 4.78 is 11.9. The molecule has 168 valence electrons. The van der Waals surface area contributed by atoms with E-state index in [2.05, 4.69) is 0 Å². The van der Waals surface area contributed by atoms with Crippen LogP contribution in [0.2, 0.25) is 5.02 Å². The quantitative estimate of drug-likeness (QED) is 0.506. The summed E-state index contributed by atoms with van der Waals surface area (Å²) in [7, 11) is 0. The zero-order chi connectivity index (χ0) is 22.9. The molecule has 6 heteroatoms. The highest BCUT2D eigenvalue weighted by Crippen LogP contribution is 2.49. The summed E-state index contributed by atoms with van der Waals surface area (Å²) in [6.45, 7) is 2.05. The van der Waals surface area contributed by atoms with Gasteiger partial charge >= 0.3 is 5.97 Å². The van der Waals surface area contributed by atoms with Crippen molar-refractivity contribution in [1.29, 1.82) is 0 Å². The van der Waals surface area contributed by atoms with E-state index >= 15 is 0 Å². The number of ether oxygens (including phenoxy) is 2. The van der Waals surface area contributed by atoms with Crippen LogP contribution in [0.25, 0.3) is 5.76 Å². The first kappa shape index (κ1) is 21.5. The van der Waals surface area contributed by atoms with Gasteiger partial charge in [-0.25, -0.2) is 9.78 Å². The minimum Gasteiger partial charge on any atom is -0.463 e. The molecule has 1 atom stereocenters. The number of rotatable bonds is 4. The average Bonchev–Trinajstić information content (AvgIpc) is 2.84.